The summed E-state index contributed by atoms with van der Waals surface area (Å²) in [5.41, 5.74) is 0.473. The molecule has 0 aliphatic carbocycles. The first-order valence-electron chi connectivity index (χ1n) is 8.40. The molecular weight excluding hydrogens is 393 g/mol. The van der Waals surface area contributed by atoms with Gasteiger partial charge in [-0.3, -0.25) is 4.79 Å². The van der Waals surface area contributed by atoms with Crippen LogP contribution in [-0.2, 0) is 21.0 Å². The van der Waals surface area contributed by atoms with Crippen molar-refractivity contribution in [3.63, 3.8) is 0 Å². The van der Waals surface area contributed by atoms with Crippen molar-refractivity contribution in [2.24, 2.45) is 0 Å². The van der Waals surface area contributed by atoms with Gasteiger partial charge in [-0.1, -0.05) is 29.8 Å². The molecule has 0 radical (unpaired) electrons. The Morgan fingerprint density at radius 2 is 1.57 bits per heavy atom. The third-order valence-corrected chi connectivity index (χ3v) is 5.93. The third-order valence-electron chi connectivity index (χ3n) is 4.09. The molecule has 2 aromatic rings. The second kappa shape index (κ2) is 7.92. The van der Waals surface area contributed by atoms with Gasteiger partial charge in [-0.05, 0) is 51.0 Å². The minimum absolute atomic E-state index is 0.0495. The van der Waals surface area contributed by atoms with E-state index in [0.717, 1.165) is 17.7 Å². The summed E-state index contributed by atoms with van der Waals surface area (Å²) in [5, 5.41) is 2.14. The molecule has 0 spiro atoms. The van der Waals surface area contributed by atoms with Gasteiger partial charge in [-0.2, -0.15) is 17.9 Å². The monoisotopic (exact) mass is 414 g/mol. The number of rotatable bonds is 5. The number of anilines is 1. The van der Waals surface area contributed by atoms with Crippen molar-refractivity contribution in [2.45, 2.75) is 44.8 Å². The number of alkyl halides is 3. The van der Waals surface area contributed by atoms with Crippen LogP contribution in [0.3, 0.4) is 0 Å². The van der Waals surface area contributed by atoms with Gasteiger partial charge in [0.25, 0.3) is 0 Å². The maximum absolute atomic E-state index is 13.1. The predicted octanol–water partition coefficient (Wildman–Crippen LogP) is 3.94. The number of amides is 1. The molecule has 1 amide bonds. The highest BCUT2D eigenvalue weighted by molar-refractivity contribution is 7.89. The van der Waals surface area contributed by atoms with Gasteiger partial charge >= 0.3 is 6.18 Å². The fourth-order valence-corrected chi connectivity index (χ4v) is 4.67. The van der Waals surface area contributed by atoms with E-state index in [0.29, 0.717) is 11.1 Å². The minimum atomic E-state index is -4.65. The summed E-state index contributed by atoms with van der Waals surface area (Å²) < 4.78 is 66.8. The van der Waals surface area contributed by atoms with Crippen LogP contribution in [0.5, 0.6) is 0 Å². The third kappa shape index (κ3) is 4.90. The zero-order chi connectivity index (χ0) is 21.3. The molecule has 0 bridgehead atoms. The lowest BCUT2D eigenvalue weighted by Gasteiger charge is -2.19. The molecule has 5 nitrogen and oxygen atoms in total. The maximum atomic E-state index is 13.1. The molecule has 9 heteroatoms. The number of sulfonamides is 1. The van der Waals surface area contributed by atoms with Crippen LogP contribution in [0.1, 0.15) is 29.2 Å². The number of para-hydroxylation sites is 1. The van der Waals surface area contributed by atoms with Crippen molar-refractivity contribution in [2.75, 3.05) is 5.32 Å². The van der Waals surface area contributed by atoms with E-state index in [1.54, 1.807) is 26.0 Å². The molecule has 0 aliphatic rings. The topological polar surface area (TPSA) is 75.3 Å². The summed E-state index contributed by atoms with van der Waals surface area (Å²) in [5.74, 6) is -0.900. The molecule has 0 heterocycles. The van der Waals surface area contributed by atoms with E-state index in [-0.39, 0.29) is 4.90 Å². The van der Waals surface area contributed by atoms with Crippen molar-refractivity contribution in [1.82, 2.24) is 4.72 Å². The van der Waals surface area contributed by atoms with Gasteiger partial charge in [0, 0.05) is 0 Å². The van der Waals surface area contributed by atoms with Gasteiger partial charge in [-0.25, -0.2) is 8.42 Å². The number of halogens is 3. The number of carbonyl (C=O) groups excluding carboxylic acids is 1. The van der Waals surface area contributed by atoms with Crippen LogP contribution in [0.4, 0.5) is 18.9 Å². The zero-order valence-corrected chi connectivity index (χ0v) is 16.6. The lowest BCUT2D eigenvalue weighted by molar-refractivity contribution is -0.137. The number of benzene rings is 2. The van der Waals surface area contributed by atoms with Crippen molar-refractivity contribution >= 4 is 21.6 Å². The number of hydrogen-bond acceptors (Lipinski definition) is 3. The summed E-state index contributed by atoms with van der Waals surface area (Å²) >= 11 is 0. The number of nitrogens with one attached hydrogen (secondary N) is 2. The number of aryl methyl sites for hydroxylation is 3. The van der Waals surface area contributed by atoms with Crippen molar-refractivity contribution in [3.05, 3.63) is 58.7 Å². The fourth-order valence-electron chi connectivity index (χ4n) is 3.02. The van der Waals surface area contributed by atoms with Crippen LogP contribution >= 0.6 is 0 Å². The molecule has 2 aromatic carbocycles. The fraction of sp³-hybridized carbons (Fsp3) is 0.316. The average Bonchev–Trinajstić information content (AvgIpc) is 2.52. The smallest absolute Gasteiger partial charge is 0.324 e. The number of hydrogen-bond donors (Lipinski definition) is 2. The zero-order valence-electron chi connectivity index (χ0n) is 15.8. The Labute approximate surface area is 162 Å². The van der Waals surface area contributed by atoms with Crippen LogP contribution in [-0.4, -0.2) is 20.4 Å². The standard InChI is InChI=1S/C19H21F3N2O3S/c1-11-9-12(2)17(13(3)10-11)28(26,27)24-14(4)18(25)23-16-8-6-5-7-15(16)19(20,21)22/h5-10,14,24H,1-4H3,(H,23,25). The molecule has 2 rings (SSSR count). The van der Waals surface area contributed by atoms with Crippen LogP contribution in [0, 0.1) is 20.8 Å². The maximum Gasteiger partial charge on any atom is 0.418 e. The van der Waals surface area contributed by atoms with Crippen LogP contribution < -0.4 is 10.0 Å². The molecule has 152 valence electrons. The highest BCUT2D eigenvalue weighted by atomic mass is 32.2. The molecule has 2 N–H and O–H groups in total. The van der Waals surface area contributed by atoms with Gasteiger partial charge in [-0.15, -0.1) is 0 Å². The first-order chi connectivity index (χ1) is 12.8. The highest BCUT2D eigenvalue weighted by Gasteiger charge is 2.34. The van der Waals surface area contributed by atoms with Gasteiger partial charge in [0.05, 0.1) is 22.2 Å². The van der Waals surface area contributed by atoms with Gasteiger partial charge < -0.3 is 5.32 Å². The van der Waals surface area contributed by atoms with E-state index in [1.807, 2.05) is 6.92 Å². The lowest BCUT2D eigenvalue weighted by atomic mass is 10.1. The normalized spacial score (nSPS) is 13.2. The molecule has 1 unspecified atom stereocenters. The SMILES string of the molecule is Cc1cc(C)c(S(=O)(=O)NC(C)C(=O)Nc2ccccc2C(F)(F)F)c(C)c1. The van der Waals surface area contributed by atoms with Crippen LogP contribution in [0.15, 0.2) is 41.3 Å². The van der Waals surface area contributed by atoms with Crippen molar-refractivity contribution in [3.8, 4) is 0 Å². The highest BCUT2D eigenvalue weighted by Crippen LogP contribution is 2.34. The molecular formula is C19H21F3N2O3S. The Morgan fingerprint density at radius 1 is 1.04 bits per heavy atom. The Morgan fingerprint density at radius 3 is 2.11 bits per heavy atom. The summed E-state index contributed by atoms with van der Waals surface area (Å²) in [7, 11) is -4.05. The van der Waals surface area contributed by atoms with E-state index in [1.165, 1.54) is 19.1 Å². The van der Waals surface area contributed by atoms with E-state index < -0.39 is 39.4 Å². The second-order valence-electron chi connectivity index (χ2n) is 6.60. The van der Waals surface area contributed by atoms with E-state index in [2.05, 4.69) is 10.0 Å². The first-order valence-corrected chi connectivity index (χ1v) is 9.88. The average molecular weight is 414 g/mol. The predicted molar refractivity (Wildman–Crippen MR) is 101 cm³/mol. The molecule has 0 aliphatic heterocycles. The minimum Gasteiger partial charge on any atom is -0.324 e. The molecule has 0 saturated carbocycles. The Kier molecular flexibility index (Phi) is 6.20. The van der Waals surface area contributed by atoms with Crippen molar-refractivity contribution < 1.29 is 26.4 Å². The largest absolute Gasteiger partial charge is 0.418 e. The Hall–Kier alpha value is -2.39. The Bertz CT molecular complexity index is 979. The van der Waals surface area contributed by atoms with Crippen LogP contribution in [0.25, 0.3) is 0 Å². The lowest BCUT2D eigenvalue weighted by Crippen LogP contribution is -2.42. The first kappa shape index (κ1) is 21.9. The molecule has 28 heavy (non-hydrogen) atoms. The van der Waals surface area contributed by atoms with Gasteiger partial charge in [0.2, 0.25) is 15.9 Å². The summed E-state index contributed by atoms with van der Waals surface area (Å²) in [6, 6.07) is 6.61. The van der Waals surface area contributed by atoms with E-state index in [4.69, 9.17) is 0 Å². The van der Waals surface area contributed by atoms with Crippen LogP contribution in [0.2, 0.25) is 0 Å². The molecule has 0 aromatic heterocycles. The molecule has 0 saturated heterocycles. The summed E-state index contributed by atoms with van der Waals surface area (Å²) in [6.45, 7) is 6.37. The second-order valence-corrected chi connectivity index (χ2v) is 8.25. The van der Waals surface area contributed by atoms with Gasteiger partial charge in [0.15, 0.2) is 0 Å². The van der Waals surface area contributed by atoms with E-state index in [9.17, 15) is 26.4 Å². The summed E-state index contributed by atoms with van der Waals surface area (Å²) in [6.07, 6.45) is -4.65. The Balaban J connectivity index is 2.24. The quantitative estimate of drug-likeness (QED) is 0.778. The number of carbonyl (C=O) groups is 1. The molecule has 1 atom stereocenters. The summed E-state index contributed by atoms with van der Waals surface area (Å²) in [4.78, 5) is 12.4. The van der Waals surface area contributed by atoms with Crippen molar-refractivity contribution in [1.29, 1.82) is 0 Å². The molecule has 0 fully saturated rings. The van der Waals surface area contributed by atoms with E-state index >= 15 is 0 Å². The van der Waals surface area contributed by atoms with Gasteiger partial charge in [0.1, 0.15) is 0 Å².